The maximum atomic E-state index is 13.9. The third-order valence-corrected chi connectivity index (χ3v) is 4.06. The van der Waals surface area contributed by atoms with Gasteiger partial charge in [0, 0.05) is 12.7 Å². The van der Waals surface area contributed by atoms with Gasteiger partial charge in [0.15, 0.2) is 0 Å². The van der Waals surface area contributed by atoms with E-state index in [0.29, 0.717) is 6.42 Å². The van der Waals surface area contributed by atoms with Gasteiger partial charge in [-0.1, -0.05) is 11.6 Å². The van der Waals surface area contributed by atoms with E-state index in [-0.39, 0.29) is 29.1 Å². The second kappa shape index (κ2) is 5.81. The van der Waals surface area contributed by atoms with Crippen molar-refractivity contribution in [2.75, 3.05) is 12.4 Å². The quantitative estimate of drug-likeness (QED) is 0.791. The van der Waals surface area contributed by atoms with Crippen molar-refractivity contribution in [2.24, 2.45) is 0 Å². The molecule has 0 unspecified atom stereocenters. The Balaban J connectivity index is 2.15. The van der Waals surface area contributed by atoms with Gasteiger partial charge in [-0.15, -0.1) is 0 Å². The Morgan fingerprint density at radius 2 is 2.00 bits per heavy atom. The molecule has 0 aliphatic heterocycles. The highest BCUT2D eigenvalue weighted by atomic mass is 35.5. The molecule has 120 valence electrons. The maximum absolute atomic E-state index is 13.9. The molecule has 22 heavy (non-hydrogen) atoms. The van der Waals surface area contributed by atoms with Gasteiger partial charge in [0.2, 0.25) is 0 Å². The van der Waals surface area contributed by atoms with E-state index >= 15 is 0 Å². The minimum Gasteiger partial charge on any atom is -0.383 e. The van der Waals surface area contributed by atoms with Crippen molar-refractivity contribution in [3.05, 3.63) is 28.8 Å². The van der Waals surface area contributed by atoms with Gasteiger partial charge in [0.25, 0.3) is 11.8 Å². The smallest absolute Gasteiger partial charge is 0.352 e. The van der Waals surface area contributed by atoms with E-state index in [1.807, 2.05) is 5.32 Å². The average Bonchev–Trinajstić information content (AvgIpc) is 2.43. The molecule has 1 aromatic carbocycles. The van der Waals surface area contributed by atoms with Crippen molar-refractivity contribution >= 4 is 29.1 Å². The zero-order valence-electron chi connectivity index (χ0n) is 11.8. The number of carbonyl (C=O) groups excluding carboxylic acids is 2. The Morgan fingerprint density at radius 1 is 1.36 bits per heavy atom. The van der Waals surface area contributed by atoms with Crippen LogP contribution in [0.15, 0.2) is 18.2 Å². The molecule has 1 fully saturated rings. The number of nitrogens with one attached hydrogen (secondary N) is 2. The Morgan fingerprint density at radius 3 is 2.45 bits per heavy atom. The predicted molar refractivity (Wildman–Crippen MR) is 77.2 cm³/mol. The maximum Gasteiger partial charge on any atom is 0.352 e. The highest BCUT2D eigenvalue weighted by Crippen LogP contribution is 2.44. The lowest BCUT2D eigenvalue weighted by Crippen LogP contribution is -2.59. The number of hydrogen-bond donors (Lipinski definition) is 3. The largest absolute Gasteiger partial charge is 0.383 e. The number of alkyl halides is 2. The number of anilines is 1. The van der Waals surface area contributed by atoms with Crippen molar-refractivity contribution in [3.8, 4) is 0 Å². The van der Waals surface area contributed by atoms with E-state index in [4.69, 9.17) is 11.6 Å². The van der Waals surface area contributed by atoms with Crippen LogP contribution in [-0.4, -0.2) is 35.5 Å². The topological polar surface area (TPSA) is 78.4 Å². The van der Waals surface area contributed by atoms with Gasteiger partial charge in [-0.05, 0) is 37.5 Å². The zero-order valence-corrected chi connectivity index (χ0v) is 12.5. The first-order valence-electron chi connectivity index (χ1n) is 6.64. The first-order valence-corrected chi connectivity index (χ1v) is 7.02. The Hall–Kier alpha value is -1.73. The van der Waals surface area contributed by atoms with Crippen LogP contribution in [0.2, 0.25) is 5.02 Å². The summed E-state index contributed by atoms with van der Waals surface area (Å²) in [6, 6.07) is 3.80. The molecule has 3 N–H and O–H groups in total. The molecule has 0 bridgehead atoms. The highest BCUT2D eigenvalue weighted by Gasteiger charge is 2.61. The standard InChI is InChI=1S/C14H15ClF2N2O3/c1-18-11(20)9-4-3-8(7-10(9)15)19-12(21)14(16,17)13(22)5-2-6-13/h3-4,7,22H,2,5-6H2,1H3,(H,18,20)(H,19,21). The van der Waals surface area contributed by atoms with Crippen molar-refractivity contribution in [2.45, 2.75) is 30.8 Å². The molecule has 0 saturated heterocycles. The molecule has 1 aliphatic rings. The van der Waals surface area contributed by atoms with Gasteiger partial charge < -0.3 is 15.7 Å². The molecule has 5 nitrogen and oxygen atoms in total. The van der Waals surface area contributed by atoms with Gasteiger partial charge in [-0.3, -0.25) is 9.59 Å². The first-order chi connectivity index (χ1) is 10.2. The summed E-state index contributed by atoms with van der Waals surface area (Å²) in [4.78, 5) is 23.2. The molecule has 0 atom stereocenters. The van der Waals surface area contributed by atoms with Gasteiger partial charge in [-0.25, -0.2) is 0 Å². The molecular weight excluding hydrogens is 318 g/mol. The van der Waals surface area contributed by atoms with E-state index < -0.39 is 23.3 Å². The minimum atomic E-state index is -3.89. The van der Waals surface area contributed by atoms with Crippen LogP contribution in [0.25, 0.3) is 0 Å². The van der Waals surface area contributed by atoms with Crippen LogP contribution in [0.5, 0.6) is 0 Å². The molecule has 8 heteroatoms. The summed E-state index contributed by atoms with van der Waals surface area (Å²) in [6.45, 7) is 0. The number of rotatable bonds is 4. The molecular formula is C14H15ClF2N2O3. The van der Waals surface area contributed by atoms with Crippen molar-refractivity contribution in [1.29, 1.82) is 0 Å². The average molecular weight is 333 g/mol. The van der Waals surface area contributed by atoms with Crippen LogP contribution in [0.3, 0.4) is 0 Å². The summed E-state index contributed by atoms with van der Waals surface area (Å²) in [6.07, 6.45) is 0.208. The first kappa shape index (κ1) is 16.6. The highest BCUT2D eigenvalue weighted by molar-refractivity contribution is 6.34. The third kappa shape index (κ3) is 2.78. The summed E-state index contributed by atoms with van der Waals surface area (Å²) in [5.41, 5.74) is -2.11. The van der Waals surface area contributed by atoms with Gasteiger partial charge in [-0.2, -0.15) is 8.78 Å². The molecule has 0 spiro atoms. The third-order valence-electron chi connectivity index (χ3n) is 3.75. The van der Waals surface area contributed by atoms with E-state index in [0.717, 1.165) is 0 Å². The molecule has 0 heterocycles. The summed E-state index contributed by atoms with van der Waals surface area (Å²) >= 11 is 5.88. The fraction of sp³-hybridized carbons (Fsp3) is 0.429. The number of aliphatic hydroxyl groups is 1. The number of amides is 2. The lowest BCUT2D eigenvalue weighted by Gasteiger charge is -2.41. The minimum absolute atomic E-state index is 0.0165. The fourth-order valence-corrected chi connectivity index (χ4v) is 2.42. The van der Waals surface area contributed by atoms with Crippen LogP contribution in [0, 0.1) is 0 Å². The van der Waals surface area contributed by atoms with E-state index in [1.54, 1.807) is 0 Å². The van der Waals surface area contributed by atoms with Crippen LogP contribution in [0.1, 0.15) is 29.6 Å². The molecule has 1 saturated carbocycles. The van der Waals surface area contributed by atoms with Crippen molar-refractivity contribution in [3.63, 3.8) is 0 Å². The van der Waals surface area contributed by atoms with Crippen LogP contribution >= 0.6 is 11.6 Å². The normalized spacial score (nSPS) is 16.6. The number of hydrogen-bond acceptors (Lipinski definition) is 3. The van der Waals surface area contributed by atoms with Crippen molar-refractivity contribution < 1.29 is 23.5 Å². The summed E-state index contributed by atoms with van der Waals surface area (Å²) < 4.78 is 27.9. The second-order valence-corrected chi connectivity index (χ2v) is 5.59. The Kier molecular flexibility index (Phi) is 4.39. The van der Waals surface area contributed by atoms with Crippen LogP contribution in [0.4, 0.5) is 14.5 Å². The fourth-order valence-electron chi connectivity index (χ4n) is 2.16. The van der Waals surface area contributed by atoms with E-state index in [9.17, 15) is 23.5 Å². The molecule has 2 rings (SSSR count). The molecule has 2 amide bonds. The van der Waals surface area contributed by atoms with Gasteiger partial charge >= 0.3 is 5.92 Å². The SMILES string of the molecule is CNC(=O)c1ccc(NC(=O)C(F)(F)C2(O)CCC2)cc1Cl. The van der Waals surface area contributed by atoms with Crippen LogP contribution in [-0.2, 0) is 4.79 Å². The predicted octanol–water partition coefficient (Wildman–Crippen LogP) is 2.19. The van der Waals surface area contributed by atoms with Crippen molar-refractivity contribution in [1.82, 2.24) is 5.32 Å². The van der Waals surface area contributed by atoms with E-state index in [2.05, 4.69) is 5.32 Å². The van der Waals surface area contributed by atoms with Gasteiger partial charge in [0.05, 0.1) is 10.6 Å². The molecule has 1 aliphatic carbocycles. The van der Waals surface area contributed by atoms with Crippen LogP contribution < -0.4 is 10.6 Å². The number of benzene rings is 1. The van der Waals surface area contributed by atoms with Gasteiger partial charge in [0.1, 0.15) is 5.60 Å². The number of halogens is 3. The molecule has 0 radical (unpaired) electrons. The Bertz CT molecular complexity index is 618. The zero-order chi connectivity index (χ0) is 16.5. The summed E-state index contributed by atoms with van der Waals surface area (Å²) in [5.74, 6) is -5.92. The Labute approximate surface area is 130 Å². The summed E-state index contributed by atoms with van der Waals surface area (Å²) in [5, 5.41) is 14.1. The number of carbonyl (C=O) groups is 2. The lowest BCUT2D eigenvalue weighted by atomic mass is 9.75. The molecule has 1 aromatic rings. The summed E-state index contributed by atoms with van der Waals surface area (Å²) in [7, 11) is 1.42. The second-order valence-electron chi connectivity index (χ2n) is 5.19. The molecule has 0 aromatic heterocycles. The monoisotopic (exact) mass is 332 g/mol. The van der Waals surface area contributed by atoms with E-state index in [1.165, 1.54) is 25.2 Å². The lowest BCUT2D eigenvalue weighted by molar-refractivity contribution is -0.212.